The summed E-state index contributed by atoms with van der Waals surface area (Å²) in [5, 5.41) is 2.79. The summed E-state index contributed by atoms with van der Waals surface area (Å²) in [6.45, 7) is 7.26. The van der Waals surface area contributed by atoms with E-state index in [2.05, 4.69) is 5.32 Å². The summed E-state index contributed by atoms with van der Waals surface area (Å²) < 4.78 is 23.0. The van der Waals surface area contributed by atoms with E-state index in [4.69, 9.17) is 10.7 Å². The second-order valence-electron chi connectivity index (χ2n) is 4.64. The van der Waals surface area contributed by atoms with Crippen molar-refractivity contribution >= 4 is 25.6 Å². The van der Waals surface area contributed by atoms with Gasteiger partial charge in [0.05, 0.1) is 4.90 Å². The van der Waals surface area contributed by atoms with E-state index < -0.39 is 9.05 Å². The highest BCUT2D eigenvalue weighted by molar-refractivity contribution is 8.13. The molecule has 19 heavy (non-hydrogen) atoms. The highest BCUT2D eigenvalue weighted by Crippen LogP contribution is 2.24. The molecule has 1 rings (SSSR count). The molecule has 0 spiro atoms. The van der Waals surface area contributed by atoms with Crippen molar-refractivity contribution in [3.63, 3.8) is 0 Å². The number of halogens is 1. The number of hydrogen-bond donors (Lipinski definition) is 1. The van der Waals surface area contributed by atoms with Crippen LogP contribution in [0.1, 0.15) is 41.8 Å². The maximum absolute atomic E-state index is 12.0. The fourth-order valence-corrected chi connectivity index (χ4v) is 2.90. The minimum atomic E-state index is -3.85. The van der Waals surface area contributed by atoms with Gasteiger partial charge in [0.2, 0.25) is 0 Å². The average Bonchev–Trinajstić information content (AvgIpc) is 2.30. The van der Waals surface area contributed by atoms with Crippen LogP contribution in [0.2, 0.25) is 0 Å². The Hall–Kier alpha value is -1.07. The Bertz CT molecular complexity index is 596. The zero-order valence-electron chi connectivity index (χ0n) is 11.5. The molecule has 106 valence electrons. The maximum Gasteiger partial charge on any atom is 0.261 e. The van der Waals surface area contributed by atoms with Crippen LogP contribution < -0.4 is 5.32 Å². The van der Waals surface area contributed by atoms with E-state index in [9.17, 15) is 13.2 Å². The fourth-order valence-electron chi connectivity index (χ4n) is 1.62. The average molecular weight is 304 g/mol. The lowest BCUT2D eigenvalue weighted by atomic mass is 10.1. The molecule has 0 aromatic heterocycles. The Morgan fingerprint density at radius 1 is 1.37 bits per heavy atom. The van der Waals surface area contributed by atoms with Crippen molar-refractivity contribution in [1.29, 1.82) is 0 Å². The monoisotopic (exact) mass is 303 g/mol. The molecular weight excluding hydrogens is 286 g/mol. The predicted molar refractivity (Wildman–Crippen MR) is 76.2 cm³/mol. The first-order valence-electron chi connectivity index (χ1n) is 6.03. The molecule has 1 N–H and O–H groups in total. The van der Waals surface area contributed by atoms with Crippen molar-refractivity contribution in [1.82, 2.24) is 5.32 Å². The number of carbonyl (C=O) groups is 1. The van der Waals surface area contributed by atoms with E-state index in [1.165, 1.54) is 6.07 Å². The summed E-state index contributed by atoms with van der Waals surface area (Å²) in [6.07, 6.45) is 0.803. The molecule has 1 aromatic carbocycles. The molecule has 1 atom stereocenters. The van der Waals surface area contributed by atoms with Crippen LogP contribution in [0.15, 0.2) is 17.0 Å². The van der Waals surface area contributed by atoms with Crippen LogP contribution in [-0.2, 0) is 9.05 Å². The quantitative estimate of drug-likeness (QED) is 0.870. The van der Waals surface area contributed by atoms with E-state index >= 15 is 0 Å². The van der Waals surface area contributed by atoms with Gasteiger partial charge in [0, 0.05) is 22.3 Å². The molecule has 0 aliphatic rings. The van der Waals surface area contributed by atoms with Crippen molar-refractivity contribution in [2.75, 3.05) is 0 Å². The molecule has 1 aromatic rings. The number of nitrogens with one attached hydrogen (secondary N) is 1. The summed E-state index contributed by atoms with van der Waals surface area (Å²) in [4.78, 5) is 12.0. The highest BCUT2D eigenvalue weighted by atomic mass is 35.7. The van der Waals surface area contributed by atoms with Crippen LogP contribution in [0.5, 0.6) is 0 Å². The minimum absolute atomic E-state index is 0.0107. The molecule has 0 saturated carbocycles. The number of carbonyl (C=O) groups excluding carboxylic acids is 1. The minimum Gasteiger partial charge on any atom is -0.350 e. The molecule has 1 amide bonds. The molecule has 4 nitrogen and oxygen atoms in total. The Balaban J connectivity index is 3.25. The molecule has 1 unspecified atom stereocenters. The molecule has 0 heterocycles. The first-order valence-corrected chi connectivity index (χ1v) is 8.34. The molecular formula is C13H18ClNO3S. The smallest absolute Gasteiger partial charge is 0.261 e. The molecule has 0 saturated heterocycles. The second-order valence-corrected chi connectivity index (χ2v) is 7.17. The van der Waals surface area contributed by atoms with E-state index in [1.807, 2.05) is 13.8 Å². The largest absolute Gasteiger partial charge is 0.350 e. The maximum atomic E-state index is 12.0. The van der Waals surface area contributed by atoms with Crippen molar-refractivity contribution < 1.29 is 13.2 Å². The van der Waals surface area contributed by atoms with Gasteiger partial charge in [0.25, 0.3) is 15.0 Å². The van der Waals surface area contributed by atoms with Crippen LogP contribution in [0.25, 0.3) is 0 Å². The van der Waals surface area contributed by atoms with Gasteiger partial charge in [-0.15, -0.1) is 0 Å². The van der Waals surface area contributed by atoms with Gasteiger partial charge in [-0.05, 0) is 50.5 Å². The Morgan fingerprint density at radius 3 is 2.42 bits per heavy atom. The van der Waals surface area contributed by atoms with Crippen LogP contribution >= 0.6 is 10.7 Å². The van der Waals surface area contributed by atoms with Crippen molar-refractivity contribution in [2.24, 2.45) is 0 Å². The lowest BCUT2D eigenvalue weighted by Gasteiger charge is -2.13. The van der Waals surface area contributed by atoms with Gasteiger partial charge in [0.1, 0.15) is 0 Å². The zero-order chi connectivity index (χ0) is 14.8. The molecule has 6 heteroatoms. The Labute approximate surface area is 118 Å². The number of rotatable bonds is 4. The van der Waals surface area contributed by atoms with Gasteiger partial charge < -0.3 is 5.32 Å². The number of aryl methyl sites for hydroxylation is 1. The third-order valence-electron chi connectivity index (χ3n) is 3.13. The van der Waals surface area contributed by atoms with Crippen LogP contribution in [0.3, 0.4) is 0 Å². The van der Waals surface area contributed by atoms with Gasteiger partial charge in [-0.2, -0.15) is 0 Å². The summed E-state index contributed by atoms with van der Waals surface area (Å²) in [5.74, 6) is -0.293. The fraction of sp³-hybridized carbons (Fsp3) is 0.462. The van der Waals surface area contributed by atoms with Crippen LogP contribution in [0, 0.1) is 13.8 Å². The topological polar surface area (TPSA) is 63.2 Å². The van der Waals surface area contributed by atoms with Crippen LogP contribution in [0.4, 0.5) is 0 Å². The second kappa shape index (κ2) is 5.92. The van der Waals surface area contributed by atoms with Gasteiger partial charge >= 0.3 is 0 Å². The van der Waals surface area contributed by atoms with E-state index in [0.29, 0.717) is 11.1 Å². The summed E-state index contributed by atoms with van der Waals surface area (Å²) in [6, 6.07) is 3.02. The molecule has 0 radical (unpaired) electrons. The van der Waals surface area contributed by atoms with Gasteiger partial charge in [-0.1, -0.05) is 6.92 Å². The molecule has 0 aliphatic heterocycles. The van der Waals surface area contributed by atoms with E-state index in [1.54, 1.807) is 19.9 Å². The molecule has 0 aliphatic carbocycles. The van der Waals surface area contributed by atoms with E-state index in [-0.39, 0.29) is 16.8 Å². The normalized spacial score (nSPS) is 13.1. The highest BCUT2D eigenvalue weighted by Gasteiger charge is 2.19. The standard InChI is InChI=1S/C13H18ClNO3S/c1-5-9(3)15-13(16)11-6-8(2)10(4)12(7-11)19(14,17)18/h6-7,9H,5H2,1-4H3,(H,15,16). The third-order valence-corrected chi connectivity index (χ3v) is 4.58. The Morgan fingerprint density at radius 2 is 1.95 bits per heavy atom. The first-order chi connectivity index (χ1) is 8.66. The van der Waals surface area contributed by atoms with Crippen molar-refractivity contribution in [2.45, 2.75) is 45.1 Å². The summed E-state index contributed by atoms with van der Waals surface area (Å²) >= 11 is 0. The summed E-state index contributed by atoms with van der Waals surface area (Å²) in [5.41, 5.74) is 1.59. The number of benzene rings is 1. The lowest BCUT2D eigenvalue weighted by molar-refractivity contribution is 0.0939. The Kier molecular flexibility index (Phi) is 4.98. The molecule has 0 fully saturated rings. The zero-order valence-corrected chi connectivity index (χ0v) is 13.0. The summed E-state index contributed by atoms with van der Waals surface area (Å²) in [7, 11) is 1.53. The first kappa shape index (κ1) is 16.0. The predicted octanol–water partition coefficient (Wildman–Crippen LogP) is 2.76. The van der Waals surface area contributed by atoms with Crippen molar-refractivity contribution in [3.05, 3.63) is 28.8 Å². The number of hydrogen-bond acceptors (Lipinski definition) is 3. The molecule has 0 bridgehead atoms. The van der Waals surface area contributed by atoms with Gasteiger partial charge in [-0.3, -0.25) is 4.79 Å². The lowest BCUT2D eigenvalue weighted by Crippen LogP contribution is -2.32. The number of amides is 1. The third kappa shape index (κ3) is 3.94. The van der Waals surface area contributed by atoms with Gasteiger partial charge in [0.15, 0.2) is 0 Å². The van der Waals surface area contributed by atoms with Gasteiger partial charge in [-0.25, -0.2) is 8.42 Å². The van der Waals surface area contributed by atoms with Crippen LogP contribution in [-0.4, -0.2) is 20.4 Å². The SMILES string of the molecule is CCC(C)NC(=O)c1cc(C)c(C)c(S(=O)(=O)Cl)c1. The van der Waals surface area contributed by atoms with Crippen molar-refractivity contribution in [3.8, 4) is 0 Å². The van der Waals surface area contributed by atoms with E-state index in [0.717, 1.165) is 12.0 Å².